The molecule has 0 bridgehead atoms. The maximum atomic E-state index is 12.8. The van der Waals surface area contributed by atoms with Crippen LogP contribution in [0.3, 0.4) is 0 Å². The molecule has 0 radical (unpaired) electrons. The molecule has 1 aromatic carbocycles. The molecule has 0 saturated heterocycles. The van der Waals surface area contributed by atoms with Crippen LogP contribution < -0.4 is 5.32 Å². The lowest BCUT2D eigenvalue weighted by molar-refractivity contribution is 0.102. The summed E-state index contributed by atoms with van der Waals surface area (Å²) >= 11 is 1.48. The fourth-order valence-electron chi connectivity index (χ4n) is 2.31. The highest BCUT2D eigenvalue weighted by Gasteiger charge is 2.20. The first kappa shape index (κ1) is 17.5. The number of anilines is 1. The molecule has 0 unspecified atom stereocenters. The summed E-state index contributed by atoms with van der Waals surface area (Å²) in [6, 6.07) is 5.89. The average Bonchev–Trinajstić information content (AvgIpc) is 2.50. The van der Waals surface area contributed by atoms with Gasteiger partial charge in [-0.25, -0.2) is 9.97 Å². The van der Waals surface area contributed by atoms with Crippen LogP contribution in [-0.4, -0.2) is 22.1 Å². The number of benzene rings is 1. The van der Waals surface area contributed by atoms with Crippen LogP contribution in [0.5, 0.6) is 0 Å². The first-order valence-corrected chi connectivity index (χ1v) is 8.87. The van der Waals surface area contributed by atoms with E-state index in [2.05, 4.69) is 29.1 Å². The van der Waals surface area contributed by atoms with Crippen molar-refractivity contribution in [2.45, 2.75) is 45.6 Å². The number of carbonyl (C=O) groups excluding carboxylic acids is 1. The van der Waals surface area contributed by atoms with Gasteiger partial charge in [0.25, 0.3) is 5.91 Å². The number of nitrogens with zero attached hydrogens (tertiary/aromatic N) is 2. The van der Waals surface area contributed by atoms with Gasteiger partial charge in [-0.1, -0.05) is 26.0 Å². The Balaban J connectivity index is 2.41. The molecule has 1 heterocycles. The Morgan fingerprint density at radius 1 is 1.17 bits per heavy atom. The number of rotatable bonds is 4. The Hall–Kier alpha value is -1.88. The maximum absolute atomic E-state index is 12.8. The molecule has 0 aliphatic carbocycles. The summed E-state index contributed by atoms with van der Waals surface area (Å²) in [7, 11) is 0. The van der Waals surface area contributed by atoms with E-state index in [9.17, 15) is 4.79 Å². The standard InChI is InChI=1S/C18H23N3OS/c1-10(2)16-19-13(5)15(18(21-16)23-6)17(22)20-14-9-7-8-11(3)12(14)4/h7-10H,1-6H3,(H,20,22). The summed E-state index contributed by atoms with van der Waals surface area (Å²) in [6.07, 6.45) is 1.93. The number of thioether (sulfide) groups is 1. The summed E-state index contributed by atoms with van der Waals surface area (Å²) in [6.45, 7) is 10.0. The number of amides is 1. The SMILES string of the molecule is CSc1nc(C(C)C)nc(C)c1C(=O)Nc1cccc(C)c1C. The minimum Gasteiger partial charge on any atom is -0.322 e. The summed E-state index contributed by atoms with van der Waals surface area (Å²) in [5.74, 6) is 0.849. The van der Waals surface area contributed by atoms with Crippen LogP contribution in [0, 0.1) is 20.8 Å². The van der Waals surface area contributed by atoms with Crippen LogP contribution in [0.15, 0.2) is 23.2 Å². The second-order valence-electron chi connectivity index (χ2n) is 5.91. The third kappa shape index (κ3) is 3.72. The Labute approximate surface area is 142 Å². The van der Waals surface area contributed by atoms with Gasteiger partial charge in [-0.05, 0) is 44.2 Å². The van der Waals surface area contributed by atoms with Gasteiger partial charge in [0.15, 0.2) is 0 Å². The quantitative estimate of drug-likeness (QED) is 0.663. The largest absolute Gasteiger partial charge is 0.322 e. The molecule has 4 nitrogen and oxygen atoms in total. The van der Waals surface area contributed by atoms with Gasteiger partial charge in [-0.3, -0.25) is 4.79 Å². The minimum absolute atomic E-state index is 0.157. The summed E-state index contributed by atoms with van der Waals surface area (Å²) < 4.78 is 0. The van der Waals surface area contributed by atoms with Gasteiger partial charge in [-0.2, -0.15) is 0 Å². The van der Waals surface area contributed by atoms with E-state index in [-0.39, 0.29) is 11.8 Å². The number of hydrogen-bond donors (Lipinski definition) is 1. The Kier molecular flexibility index (Phi) is 5.42. The molecular formula is C18H23N3OS. The highest BCUT2D eigenvalue weighted by atomic mass is 32.2. The highest BCUT2D eigenvalue weighted by molar-refractivity contribution is 7.98. The Morgan fingerprint density at radius 2 is 1.87 bits per heavy atom. The molecule has 0 aliphatic rings. The monoisotopic (exact) mass is 329 g/mol. The zero-order chi connectivity index (χ0) is 17.1. The Morgan fingerprint density at radius 3 is 2.48 bits per heavy atom. The van der Waals surface area contributed by atoms with Crippen molar-refractivity contribution < 1.29 is 4.79 Å². The van der Waals surface area contributed by atoms with E-state index in [1.807, 2.05) is 45.2 Å². The first-order chi connectivity index (χ1) is 10.8. The summed E-state index contributed by atoms with van der Waals surface area (Å²) in [5, 5.41) is 3.73. The van der Waals surface area contributed by atoms with Gasteiger partial charge in [0.05, 0.1) is 11.3 Å². The predicted octanol–water partition coefficient (Wildman–Crippen LogP) is 4.50. The molecule has 2 rings (SSSR count). The lowest BCUT2D eigenvalue weighted by atomic mass is 10.1. The van der Waals surface area contributed by atoms with Crippen molar-refractivity contribution in [1.29, 1.82) is 0 Å². The molecule has 0 aliphatic heterocycles. The molecule has 5 heteroatoms. The molecule has 122 valence electrons. The van der Waals surface area contributed by atoms with E-state index in [4.69, 9.17) is 0 Å². The van der Waals surface area contributed by atoms with E-state index in [1.54, 1.807) is 0 Å². The molecule has 1 N–H and O–H groups in total. The third-order valence-electron chi connectivity index (χ3n) is 3.86. The molecule has 1 aromatic heterocycles. The second kappa shape index (κ2) is 7.13. The highest BCUT2D eigenvalue weighted by Crippen LogP contribution is 2.25. The van der Waals surface area contributed by atoms with Crippen molar-refractivity contribution >= 4 is 23.4 Å². The van der Waals surface area contributed by atoms with Gasteiger partial charge >= 0.3 is 0 Å². The summed E-state index contributed by atoms with van der Waals surface area (Å²) in [5.41, 5.74) is 4.33. The number of nitrogens with one attached hydrogen (secondary N) is 1. The fraction of sp³-hybridized carbons (Fsp3) is 0.389. The molecule has 1 amide bonds. The van der Waals surface area contributed by atoms with Crippen LogP contribution in [0.4, 0.5) is 5.69 Å². The second-order valence-corrected chi connectivity index (χ2v) is 6.70. The summed E-state index contributed by atoms with van der Waals surface area (Å²) in [4.78, 5) is 21.8. The number of aromatic nitrogens is 2. The van der Waals surface area contributed by atoms with Crippen molar-refractivity contribution in [1.82, 2.24) is 9.97 Å². The normalized spacial score (nSPS) is 10.9. The molecule has 0 fully saturated rings. The van der Waals surface area contributed by atoms with E-state index in [0.717, 1.165) is 33.4 Å². The lowest BCUT2D eigenvalue weighted by Gasteiger charge is -2.15. The van der Waals surface area contributed by atoms with Crippen molar-refractivity contribution in [3.63, 3.8) is 0 Å². The lowest BCUT2D eigenvalue weighted by Crippen LogP contribution is -2.18. The van der Waals surface area contributed by atoms with E-state index >= 15 is 0 Å². The van der Waals surface area contributed by atoms with Gasteiger partial charge in [-0.15, -0.1) is 11.8 Å². The fourth-order valence-corrected chi connectivity index (χ4v) is 2.94. The van der Waals surface area contributed by atoms with Crippen molar-refractivity contribution in [3.8, 4) is 0 Å². The van der Waals surface area contributed by atoms with Crippen molar-refractivity contribution in [2.75, 3.05) is 11.6 Å². The molecule has 0 spiro atoms. The predicted molar refractivity (Wildman–Crippen MR) is 96.5 cm³/mol. The van der Waals surface area contributed by atoms with Crippen LogP contribution in [0.1, 0.15) is 52.8 Å². The molecule has 23 heavy (non-hydrogen) atoms. The third-order valence-corrected chi connectivity index (χ3v) is 4.55. The van der Waals surface area contributed by atoms with Crippen LogP contribution in [0.2, 0.25) is 0 Å². The number of carbonyl (C=O) groups is 1. The number of aryl methyl sites for hydroxylation is 2. The van der Waals surface area contributed by atoms with Gasteiger partial charge in [0.1, 0.15) is 10.9 Å². The Bertz CT molecular complexity index is 741. The topological polar surface area (TPSA) is 54.9 Å². The first-order valence-electron chi connectivity index (χ1n) is 7.65. The van der Waals surface area contributed by atoms with Gasteiger partial charge in [0.2, 0.25) is 0 Å². The van der Waals surface area contributed by atoms with Crippen LogP contribution in [0.25, 0.3) is 0 Å². The minimum atomic E-state index is -0.157. The zero-order valence-electron chi connectivity index (χ0n) is 14.5. The average molecular weight is 329 g/mol. The van der Waals surface area contributed by atoms with Gasteiger partial charge in [0, 0.05) is 11.6 Å². The van der Waals surface area contributed by atoms with E-state index in [1.165, 1.54) is 11.8 Å². The molecular weight excluding hydrogens is 306 g/mol. The van der Waals surface area contributed by atoms with E-state index < -0.39 is 0 Å². The number of hydrogen-bond acceptors (Lipinski definition) is 4. The van der Waals surface area contributed by atoms with Crippen molar-refractivity contribution in [3.05, 3.63) is 46.4 Å². The maximum Gasteiger partial charge on any atom is 0.260 e. The van der Waals surface area contributed by atoms with Crippen LogP contribution in [-0.2, 0) is 0 Å². The zero-order valence-corrected chi connectivity index (χ0v) is 15.3. The van der Waals surface area contributed by atoms with E-state index in [0.29, 0.717) is 5.56 Å². The van der Waals surface area contributed by atoms with Crippen molar-refractivity contribution in [2.24, 2.45) is 0 Å². The van der Waals surface area contributed by atoms with Crippen LogP contribution >= 0.6 is 11.8 Å². The smallest absolute Gasteiger partial charge is 0.260 e. The molecule has 2 aromatic rings. The molecule has 0 atom stereocenters. The molecule has 0 saturated carbocycles. The van der Waals surface area contributed by atoms with Gasteiger partial charge < -0.3 is 5.32 Å².